The Balaban J connectivity index is 2.00. The van der Waals surface area contributed by atoms with Crippen molar-refractivity contribution in [1.82, 2.24) is 9.97 Å². The predicted molar refractivity (Wildman–Crippen MR) is 70.7 cm³/mol. The van der Waals surface area contributed by atoms with Crippen molar-refractivity contribution < 1.29 is 0 Å². The molecule has 0 spiro atoms. The van der Waals surface area contributed by atoms with Crippen LogP contribution in [0.1, 0.15) is 17.0 Å². The van der Waals surface area contributed by atoms with Crippen LogP contribution in [0.2, 0.25) is 0 Å². The number of hydrogen-bond acceptors (Lipinski definition) is 4. The molecule has 0 amide bonds. The first-order chi connectivity index (χ1) is 8.29. The molecule has 0 unspecified atom stereocenters. The minimum Gasteiger partial charge on any atom is -0.326 e. The van der Waals surface area contributed by atoms with Gasteiger partial charge >= 0.3 is 0 Å². The predicted octanol–water partition coefficient (Wildman–Crippen LogP) is 2.54. The monoisotopic (exact) mass is 245 g/mol. The maximum Gasteiger partial charge on any atom is 0.138 e. The molecule has 4 heteroatoms. The summed E-state index contributed by atoms with van der Waals surface area (Å²) >= 11 is 1.76. The second-order valence-electron chi connectivity index (χ2n) is 3.77. The molecule has 3 nitrogen and oxygen atoms in total. The SMILES string of the molecule is Cc1ccccc1SCc1ncc(CN)cn1. The highest BCUT2D eigenvalue weighted by Crippen LogP contribution is 2.24. The van der Waals surface area contributed by atoms with E-state index < -0.39 is 0 Å². The van der Waals surface area contributed by atoms with E-state index in [4.69, 9.17) is 5.73 Å². The zero-order valence-electron chi connectivity index (χ0n) is 9.76. The second kappa shape index (κ2) is 5.80. The number of aryl methyl sites for hydroxylation is 1. The van der Waals surface area contributed by atoms with Crippen molar-refractivity contribution in [2.75, 3.05) is 0 Å². The topological polar surface area (TPSA) is 51.8 Å². The summed E-state index contributed by atoms with van der Waals surface area (Å²) in [5, 5.41) is 0. The van der Waals surface area contributed by atoms with Crippen LogP contribution in [0.3, 0.4) is 0 Å². The van der Waals surface area contributed by atoms with E-state index >= 15 is 0 Å². The largest absolute Gasteiger partial charge is 0.326 e. The van der Waals surface area contributed by atoms with Crippen molar-refractivity contribution in [3.8, 4) is 0 Å². The number of aromatic nitrogens is 2. The van der Waals surface area contributed by atoms with Crippen molar-refractivity contribution in [2.24, 2.45) is 5.73 Å². The fourth-order valence-corrected chi connectivity index (χ4v) is 2.33. The summed E-state index contributed by atoms with van der Waals surface area (Å²) < 4.78 is 0. The minimum atomic E-state index is 0.491. The average molecular weight is 245 g/mol. The Kier molecular flexibility index (Phi) is 4.12. The van der Waals surface area contributed by atoms with Crippen LogP contribution >= 0.6 is 11.8 Å². The fourth-order valence-electron chi connectivity index (χ4n) is 1.42. The minimum absolute atomic E-state index is 0.491. The van der Waals surface area contributed by atoms with Gasteiger partial charge in [0.05, 0.1) is 5.75 Å². The van der Waals surface area contributed by atoms with Crippen LogP contribution in [0, 0.1) is 6.92 Å². The molecule has 0 aliphatic heterocycles. The Morgan fingerprint density at radius 3 is 2.53 bits per heavy atom. The Hall–Kier alpha value is -1.39. The molecule has 1 aromatic carbocycles. The van der Waals surface area contributed by atoms with Crippen LogP contribution < -0.4 is 5.73 Å². The van der Waals surface area contributed by atoms with Crippen LogP contribution in [-0.2, 0) is 12.3 Å². The van der Waals surface area contributed by atoms with Crippen molar-refractivity contribution in [3.63, 3.8) is 0 Å². The molecule has 0 saturated heterocycles. The number of benzene rings is 1. The summed E-state index contributed by atoms with van der Waals surface area (Å²) in [4.78, 5) is 9.84. The molecule has 0 fully saturated rings. The fraction of sp³-hybridized carbons (Fsp3) is 0.231. The lowest BCUT2D eigenvalue weighted by atomic mass is 10.2. The van der Waals surface area contributed by atoms with Crippen LogP contribution in [-0.4, -0.2) is 9.97 Å². The third-order valence-electron chi connectivity index (χ3n) is 2.44. The zero-order valence-corrected chi connectivity index (χ0v) is 10.6. The van der Waals surface area contributed by atoms with E-state index in [1.165, 1.54) is 10.5 Å². The molecule has 2 aromatic rings. The van der Waals surface area contributed by atoms with Crippen LogP contribution in [0.4, 0.5) is 0 Å². The van der Waals surface area contributed by atoms with Gasteiger partial charge in [0.15, 0.2) is 0 Å². The molecule has 1 heterocycles. The van der Waals surface area contributed by atoms with Crippen molar-refractivity contribution >= 4 is 11.8 Å². The Morgan fingerprint density at radius 2 is 1.88 bits per heavy atom. The van der Waals surface area contributed by atoms with E-state index in [1.807, 2.05) is 12.1 Å². The molecule has 0 saturated carbocycles. The van der Waals surface area contributed by atoms with Gasteiger partial charge in [-0.05, 0) is 18.6 Å². The summed E-state index contributed by atoms with van der Waals surface area (Å²) in [6.07, 6.45) is 3.58. The molecule has 2 rings (SSSR count). The molecule has 0 bridgehead atoms. The van der Waals surface area contributed by atoms with Crippen molar-refractivity contribution in [3.05, 3.63) is 53.6 Å². The van der Waals surface area contributed by atoms with Gasteiger partial charge in [-0.25, -0.2) is 9.97 Å². The van der Waals surface area contributed by atoms with Gasteiger partial charge in [0.1, 0.15) is 5.82 Å². The van der Waals surface area contributed by atoms with Crippen LogP contribution in [0.25, 0.3) is 0 Å². The van der Waals surface area contributed by atoms with Gasteiger partial charge in [0.25, 0.3) is 0 Å². The number of thioether (sulfide) groups is 1. The summed E-state index contributed by atoms with van der Waals surface area (Å²) in [7, 11) is 0. The maximum absolute atomic E-state index is 5.50. The molecule has 2 N–H and O–H groups in total. The number of hydrogen-bond donors (Lipinski definition) is 1. The highest BCUT2D eigenvalue weighted by Gasteiger charge is 2.01. The third kappa shape index (κ3) is 3.28. The van der Waals surface area contributed by atoms with E-state index in [2.05, 4.69) is 29.0 Å². The Morgan fingerprint density at radius 1 is 1.18 bits per heavy atom. The lowest BCUT2D eigenvalue weighted by molar-refractivity contribution is 0.960. The lowest BCUT2D eigenvalue weighted by Crippen LogP contribution is -2.00. The number of nitrogens with zero attached hydrogens (tertiary/aromatic N) is 2. The highest BCUT2D eigenvalue weighted by molar-refractivity contribution is 7.98. The smallest absolute Gasteiger partial charge is 0.138 e. The van der Waals surface area contributed by atoms with E-state index in [0.717, 1.165) is 17.1 Å². The van der Waals surface area contributed by atoms with E-state index in [1.54, 1.807) is 24.2 Å². The molecule has 1 aromatic heterocycles. The van der Waals surface area contributed by atoms with Gasteiger partial charge in [-0.2, -0.15) is 0 Å². The van der Waals surface area contributed by atoms with E-state index in [9.17, 15) is 0 Å². The molecule has 88 valence electrons. The van der Waals surface area contributed by atoms with Crippen LogP contribution in [0.5, 0.6) is 0 Å². The molecule has 17 heavy (non-hydrogen) atoms. The quantitative estimate of drug-likeness (QED) is 0.841. The second-order valence-corrected chi connectivity index (χ2v) is 4.78. The lowest BCUT2D eigenvalue weighted by Gasteiger charge is -2.04. The van der Waals surface area contributed by atoms with E-state index in [0.29, 0.717) is 6.54 Å². The van der Waals surface area contributed by atoms with Gasteiger partial charge in [-0.3, -0.25) is 0 Å². The summed E-state index contributed by atoms with van der Waals surface area (Å²) in [6.45, 7) is 2.60. The van der Waals surface area contributed by atoms with Gasteiger partial charge in [-0.15, -0.1) is 11.8 Å². The average Bonchev–Trinajstić information content (AvgIpc) is 2.38. The van der Waals surface area contributed by atoms with Gasteiger partial charge < -0.3 is 5.73 Å². The van der Waals surface area contributed by atoms with Gasteiger partial charge in [-0.1, -0.05) is 18.2 Å². The third-order valence-corrected chi connectivity index (χ3v) is 3.62. The summed E-state index contributed by atoms with van der Waals surface area (Å²) in [5.74, 6) is 1.63. The standard InChI is InChI=1S/C13H15N3S/c1-10-4-2-3-5-12(10)17-9-13-15-7-11(6-14)8-16-13/h2-5,7-8H,6,9,14H2,1H3. The first-order valence-corrected chi connectivity index (χ1v) is 6.46. The molecular formula is C13H15N3S. The molecular weight excluding hydrogens is 230 g/mol. The summed E-state index contributed by atoms with van der Waals surface area (Å²) in [5.41, 5.74) is 7.75. The van der Waals surface area contributed by atoms with E-state index in [-0.39, 0.29) is 0 Å². The normalized spacial score (nSPS) is 10.5. The highest BCUT2D eigenvalue weighted by atomic mass is 32.2. The molecule has 0 atom stereocenters. The van der Waals surface area contributed by atoms with Gasteiger partial charge in [0.2, 0.25) is 0 Å². The van der Waals surface area contributed by atoms with Gasteiger partial charge in [0, 0.05) is 29.4 Å². The number of rotatable bonds is 4. The Bertz CT molecular complexity index is 482. The molecule has 0 aliphatic rings. The Labute approximate surface area is 105 Å². The van der Waals surface area contributed by atoms with Crippen molar-refractivity contribution in [2.45, 2.75) is 24.1 Å². The van der Waals surface area contributed by atoms with Crippen LogP contribution in [0.15, 0.2) is 41.6 Å². The number of nitrogens with two attached hydrogens (primary N) is 1. The summed E-state index contributed by atoms with van der Waals surface area (Å²) in [6, 6.07) is 8.33. The first-order valence-electron chi connectivity index (χ1n) is 5.48. The van der Waals surface area contributed by atoms with Crippen molar-refractivity contribution in [1.29, 1.82) is 0 Å². The zero-order chi connectivity index (χ0) is 12.1. The molecule has 0 radical (unpaired) electrons. The maximum atomic E-state index is 5.50. The first kappa shape index (κ1) is 12.1. The molecule has 0 aliphatic carbocycles.